The smallest absolute Gasteiger partial charge is 0.331 e. The molecule has 26 heavy (non-hydrogen) atoms. The van der Waals surface area contributed by atoms with Gasteiger partial charge in [0.1, 0.15) is 12.4 Å². The maximum Gasteiger partial charge on any atom is 0.331 e. The Bertz CT molecular complexity index is 834. The third-order valence-electron chi connectivity index (χ3n) is 7.52. The van der Waals surface area contributed by atoms with Crippen molar-refractivity contribution >= 4 is 5.97 Å². The quantitative estimate of drug-likeness (QED) is 0.733. The molecule has 136 valence electrons. The van der Waals surface area contributed by atoms with Gasteiger partial charge in [-0.15, -0.1) is 0 Å². The monoisotopic (exact) mass is 350 g/mol. The van der Waals surface area contributed by atoms with E-state index >= 15 is 0 Å². The van der Waals surface area contributed by atoms with E-state index in [9.17, 15) is 4.79 Å². The Hall–Kier alpha value is -2.03. The first kappa shape index (κ1) is 16.2. The van der Waals surface area contributed by atoms with Crippen LogP contribution >= 0.6 is 0 Å². The number of carbonyl (C=O) groups excluding carboxylic acids is 1. The molecule has 0 saturated heterocycles. The molecule has 0 amide bonds. The van der Waals surface area contributed by atoms with Gasteiger partial charge in [0, 0.05) is 11.6 Å². The maximum absolute atomic E-state index is 11.6. The van der Waals surface area contributed by atoms with Gasteiger partial charge in [0.2, 0.25) is 0 Å². The standard InChI is InChI=1S/C23H26O3/c1-23-10-9-18-17-6-4-16(25-2)11-14(17)3-5-19(18)21(23)8-7-20(23)15-12-22(24)26-13-15/h4,6-7,11-12,18-19,21H,3,5,8-10,13H2,1-2H3/t18-,19-,21+,23-/m1/s1. The molecule has 0 aromatic heterocycles. The summed E-state index contributed by atoms with van der Waals surface area (Å²) in [6, 6.07) is 6.67. The van der Waals surface area contributed by atoms with Gasteiger partial charge in [-0.2, -0.15) is 0 Å². The van der Waals surface area contributed by atoms with Crippen LogP contribution in [0.3, 0.4) is 0 Å². The lowest BCUT2D eigenvalue weighted by Gasteiger charge is -2.50. The number of cyclic esters (lactones) is 1. The van der Waals surface area contributed by atoms with E-state index in [1.807, 2.05) is 0 Å². The van der Waals surface area contributed by atoms with Gasteiger partial charge in [0.25, 0.3) is 0 Å². The SMILES string of the molecule is COc1ccc2c(c1)CC[C@@H]1[C@@H]2CC[C@]2(C)C(C3=CC(=O)OC3)=CC[C@@H]12. The minimum Gasteiger partial charge on any atom is -0.497 e. The third-order valence-corrected chi connectivity index (χ3v) is 7.52. The fourth-order valence-corrected chi connectivity index (χ4v) is 6.28. The molecule has 4 atom stereocenters. The highest BCUT2D eigenvalue weighted by Crippen LogP contribution is 2.62. The van der Waals surface area contributed by atoms with Gasteiger partial charge in [-0.05, 0) is 84.1 Å². The van der Waals surface area contributed by atoms with Crippen molar-refractivity contribution in [1.82, 2.24) is 0 Å². The lowest BCUT2D eigenvalue weighted by Crippen LogP contribution is -2.41. The summed E-state index contributed by atoms with van der Waals surface area (Å²) in [5.74, 6) is 2.89. The van der Waals surface area contributed by atoms with Crippen LogP contribution in [-0.4, -0.2) is 19.7 Å². The second kappa shape index (κ2) is 5.73. The normalized spacial score (nSPS) is 35.0. The number of benzene rings is 1. The minimum atomic E-state index is -0.179. The lowest BCUT2D eigenvalue weighted by atomic mass is 9.54. The average molecular weight is 350 g/mol. The van der Waals surface area contributed by atoms with Crippen molar-refractivity contribution in [3.8, 4) is 5.75 Å². The second-order valence-corrected chi connectivity index (χ2v) is 8.57. The second-order valence-electron chi connectivity index (χ2n) is 8.57. The van der Waals surface area contributed by atoms with Crippen molar-refractivity contribution in [2.24, 2.45) is 17.3 Å². The molecule has 0 spiro atoms. The number of aryl methyl sites for hydroxylation is 1. The molecule has 3 heteroatoms. The zero-order valence-electron chi connectivity index (χ0n) is 15.6. The summed E-state index contributed by atoms with van der Waals surface area (Å²) < 4.78 is 10.6. The zero-order valence-corrected chi connectivity index (χ0v) is 15.6. The highest BCUT2D eigenvalue weighted by Gasteiger charge is 2.52. The largest absolute Gasteiger partial charge is 0.497 e. The van der Waals surface area contributed by atoms with E-state index in [1.54, 1.807) is 18.7 Å². The van der Waals surface area contributed by atoms with E-state index in [0.717, 1.165) is 30.1 Å². The summed E-state index contributed by atoms with van der Waals surface area (Å²) in [6.07, 6.45) is 10.1. The Kier molecular flexibility index (Phi) is 3.57. The number of esters is 1. The first-order valence-corrected chi connectivity index (χ1v) is 9.85. The number of methoxy groups -OCH3 is 1. The molecule has 0 radical (unpaired) electrons. The first-order chi connectivity index (χ1) is 12.6. The van der Waals surface area contributed by atoms with Gasteiger partial charge < -0.3 is 9.47 Å². The van der Waals surface area contributed by atoms with Crippen molar-refractivity contribution in [3.05, 3.63) is 52.6 Å². The molecular weight excluding hydrogens is 324 g/mol. The first-order valence-electron chi connectivity index (χ1n) is 9.85. The van der Waals surface area contributed by atoms with Crippen LogP contribution in [0.2, 0.25) is 0 Å². The molecule has 1 saturated carbocycles. The van der Waals surface area contributed by atoms with Crippen LogP contribution in [-0.2, 0) is 16.0 Å². The Balaban J connectivity index is 1.46. The third kappa shape index (κ3) is 2.22. The van der Waals surface area contributed by atoms with Crippen molar-refractivity contribution in [2.45, 2.75) is 44.9 Å². The summed E-state index contributed by atoms with van der Waals surface area (Å²) in [5, 5.41) is 0. The Morgan fingerprint density at radius 3 is 2.92 bits per heavy atom. The molecule has 4 aliphatic rings. The van der Waals surface area contributed by atoms with Crippen LogP contribution in [0, 0.1) is 17.3 Å². The van der Waals surface area contributed by atoms with Crippen molar-refractivity contribution in [2.75, 3.05) is 13.7 Å². The number of rotatable bonds is 2. The Morgan fingerprint density at radius 2 is 2.15 bits per heavy atom. The van der Waals surface area contributed by atoms with Gasteiger partial charge in [0.15, 0.2) is 0 Å². The van der Waals surface area contributed by atoms with E-state index < -0.39 is 0 Å². The predicted molar refractivity (Wildman–Crippen MR) is 100 cm³/mol. The van der Waals surface area contributed by atoms with Crippen LogP contribution in [0.4, 0.5) is 0 Å². The molecule has 1 fully saturated rings. The van der Waals surface area contributed by atoms with E-state index in [-0.39, 0.29) is 11.4 Å². The fraction of sp³-hybridized carbons (Fsp3) is 0.522. The van der Waals surface area contributed by atoms with Gasteiger partial charge in [-0.3, -0.25) is 0 Å². The van der Waals surface area contributed by atoms with Crippen LogP contribution < -0.4 is 4.74 Å². The Labute approximate surface area is 155 Å². The van der Waals surface area contributed by atoms with Gasteiger partial charge in [-0.1, -0.05) is 19.1 Å². The molecule has 1 aromatic rings. The lowest BCUT2D eigenvalue weighted by molar-refractivity contribution is -0.134. The number of hydrogen-bond donors (Lipinski definition) is 0. The number of ether oxygens (including phenoxy) is 2. The number of allylic oxidation sites excluding steroid dienone is 1. The molecule has 1 aliphatic heterocycles. The molecule has 3 aliphatic carbocycles. The number of fused-ring (bicyclic) bond motifs is 5. The van der Waals surface area contributed by atoms with Crippen LogP contribution in [0.1, 0.15) is 49.7 Å². The topological polar surface area (TPSA) is 35.5 Å². The van der Waals surface area contributed by atoms with Crippen molar-refractivity contribution in [1.29, 1.82) is 0 Å². The molecule has 3 nitrogen and oxygen atoms in total. The summed E-state index contributed by atoms with van der Waals surface area (Å²) >= 11 is 0. The summed E-state index contributed by atoms with van der Waals surface area (Å²) in [4.78, 5) is 11.6. The van der Waals surface area contributed by atoms with Crippen molar-refractivity contribution < 1.29 is 14.3 Å². The van der Waals surface area contributed by atoms with Gasteiger partial charge in [0.05, 0.1) is 7.11 Å². The van der Waals surface area contributed by atoms with E-state index in [0.29, 0.717) is 18.4 Å². The van der Waals surface area contributed by atoms with Gasteiger partial charge in [-0.25, -0.2) is 4.79 Å². The molecule has 1 aromatic carbocycles. The van der Waals surface area contributed by atoms with E-state index in [2.05, 4.69) is 31.2 Å². The zero-order chi connectivity index (χ0) is 17.9. The molecule has 0 N–H and O–H groups in total. The molecular formula is C23H26O3. The van der Waals surface area contributed by atoms with Crippen LogP contribution in [0.15, 0.2) is 41.5 Å². The van der Waals surface area contributed by atoms with Crippen LogP contribution in [0.5, 0.6) is 5.75 Å². The number of carbonyl (C=O) groups is 1. The fourth-order valence-electron chi connectivity index (χ4n) is 6.28. The summed E-state index contributed by atoms with van der Waals surface area (Å²) in [5.41, 5.74) is 5.76. The molecule has 5 rings (SSSR count). The molecule has 1 heterocycles. The molecule has 0 bridgehead atoms. The summed E-state index contributed by atoms with van der Waals surface area (Å²) in [6.45, 7) is 2.89. The average Bonchev–Trinajstić information content (AvgIpc) is 3.23. The highest BCUT2D eigenvalue weighted by atomic mass is 16.5. The molecule has 0 unspecified atom stereocenters. The van der Waals surface area contributed by atoms with Crippen LogP contribution in [0.25, 0.3) is 0 Å². The van der Waals surface area contributed by atoms with E-state index in [4.69, 9.17) is 9.47 Å². The maximum atomic E-state index is 11.6. The minimum absolute atomic E-state index is 0.179. The predicted octanol–water partition coefficient (Wildman–Crippen LogP) is 4.57. The van der Waals surface area contributed by atoms with Gasteiger partial charge >= 0.3 is 5.97 Å². The highest BCUT2D eigenvalue weighted by molar-refractivity contribution is 5.86. The number of hydrogen-bond acceptors (Lipinski definition) is 3. The van der Waals surface area contributed by atoms with Crippen molar-refractivity contribution in [3.63, 3.8) is 0 Å². The Morgan fingerprint density at radius 1 is 1.27 bits per heavy atom. The summed E-state index contributed by atoms with van der Waals surface area (Å²) in [7, 11) is 1.75. The van der Waals surface area contributed by atoms with E-state index in [1.165, 1.54) is 30.4 Å².